The van der Waals surface area contributed by atoms with Gasteiger partial charge in [-0.15, -0.1) is 0 Å². The normalized spacial score (nSPS) is 21.0. The number of rotatable bonds is 5. The van der Waals surface area contributed by atoms with Gasteiger partial charge in [0.2, 0.25) is 5.91 Å². The SMILES string of the molecule is CCC1(CNC(=O)c2ccc(C(F)F)cc2F)CCC(=O)N1. The predicted molar refractivity (Wildman–Crippen MR) is 74.1 cm³/mol. The molecule has 4 nitrogen and oxygen atoms in total. The second-order valence-corrected chi connectivity index (χ2v) is 5.40. The van der Waals surface area contributed by atoms with Gasteiger partial charge in [0.25, 0.3) is 12.3 Å². The number of carbonyl (C=O) groups excluding carboxylic acids is 2. The van der Waals surface area contributed by atoms with Crippen LogP contribution < -0.4 is 10.6 Å². The summed E-state index contributed by atoms with van der Waals surface area (Å²) in [6, 6.07) is 2.72. The van der Waals surface area contributed by atoms with Crippen molar-refractivity contribution < 1.29 is 22.8 Å². The van der Waals surface area contributed by atoms with E-state index in [1.165, 1.54) is 0 Å². The Balaban J connectivity index is 2.05. The zero-order chi connectivity index (χ0) is 16.3. The number of amides is 2. The molecule has 1 unspecified atom stereocenters. The summed E-state index contributed by atoms with van der Waals surface area (Å²) in [5, 5.41) is 5.38. The average Bonchev–Trinajstić information content (AvgIpc) is 2.86. The van der Waals surface area contributed by atoms with Gasteiger partial charge in [-0.2, -0.15) is 0 Å². The smallest absolute Gasteiger partial charge is 0.263 e. The van der Waals surface area contributed by atoms with Crippen LogP contribution in [-0.4, -0.2) is 23.9 Å². The third-order valence-corrected chi connectivity index (χ3v) is 3.99. The first-order chi connectivity index (χ1) is 10.4. The van der Waals surface area contributed by atoms with Crippen LogP contribution in [0.5, 0.6) is 0 Å². The van der Waals surface area contributed by atoms with E-state index in [0.717, 1.165) is 12.1 Å². The maximum atomic E-state index is 13.7. The van der Waals surface area contributed by atoms with Crippen molar-refractivity contribution in [2.45, 2.75) is 38.2 Å². The van der Waals surface area contributed by atoms with Gasteiger partial charge in [-0.25, -0.2) is 13.2 Å². The predicted octanol–water partition coefficient (Wildman–Crippen LogP) is 2.55. The van der Waals surface area contributed by atoms with Crippen LogP contribution in [0.15, 0.2) is 18.2 Å². The van der Waals surface area contributed by atoms with Crippen LogP contribution >= 0.6 is 0 Å². The molecular weight excluding hydrogens is 297 g/mol. The first kappa shape index (κ1) is 16.3. The van der Waals surface area contributed by atoms with Crippen LogP contribution in [0, 0.1) is 5.82 Å². The molecule has 120 valence electrons. The maximum Gasteiger partial charge on any atom is 0.263 e. The molecule has 2 rings (SSSR count). The lowest BCUT2D eigenvalue weighted by molar-refractivity contribution is -0.119. The average molecular weight is 314 g/mol. The van der Waals surface area contributed by atoms with Crippen molar-refractivity contribution in [1.82, 2.24) is 10.6 Å². The lowest BCUT2D eigenvalue weighted by atomic mass is 9.94. The fourth-order valence-corrected chi connectivity index (χ4v) is 2.49. The minimum absolute atomic E-state index is 0.0800. The Kier molecular flexibility index (Phi) is 4.73. The molecule has 1 atom stereocenters. The Labute approximate surface area is 126 Å². The van der Waals surface area contributed by atoms with Crippen LogP contribution in [0.25, 0.3) is 0 Å². The van der Waals surface area contributed by atoms with Crippen molar-refractivity contribution >= 4 is 11.8 Å². The van der Waals surface area contributed by atoms with Crippen LogP contribution in [0.1, 0.15) is 48.5 Å². The monoisotopic (exact) mass is 314 g/mol. The molecule has 2 amide bonds. The van der Waals surface area contributed by atoms with Gasteiger partial charge >= 0.3 is 0 Å². The molecule has 1 aromatic carbocycles. The third-order valence-electron chi connectivity index (χ3n) is 3.99. The minimum Gasteiger partial charge on any atom is -0.350 e. The Morgan fingerprint density at radius 2 is 2.18 bits per heavy atom. The van der Waals surface area contributed by atoms with Crippen molar-refractivity contribution in [2.24, 2.45) is 0 Å². The van der Waals surface area contributed by atoms with E-state index in [9.17, 15) is 22.8 Å². The lowest BCUT2D eigenvalue weighted by Gasteiger charge is -2.28. The molecule has 1 aliphatic heterocycles. The number of alkyl halides is 2. The molecular formula is C15H17F3N2O2. The summed E-state index contributed by atoms with van der Waals surface area (Å²) in [6.07, 6.45) is -1.17. The molecule has 1 aliphatic rings. The summed E-state index contributed by atoms with van der Waals surface area (Å²) in [7, 11) is 0. The summed E-state index contributed by atoms with van der Waals surface area (Å²) in [5.41, 5.74) is -1.28. The molecule has 1 fully saturated rings. The quantitative estimate of drug-likeness (QED) is 0.877. The number of carbonyl (C=O) groups is 2. The first-order valence-corrected chi connectivity index (χ1v) is 7.04. The fourth-order valence-electron chi connectivity index (χ4n) is 2.49. The number of halogens is 3. The molecule has 7 heteroatoms. The molecule has 22 heavy (non-hydrogen) atoms. The number of benzene rings is 1. The van der Waals surface area contributed by atoms with E-state index in [1.807, 2.05) is 6.92 Å². The molecule has 0 saturated carbocycles. The standard InChI is InChI=1S/C15H17F3N2O2/c1-2-15(6-5-12(21)20-15)8-19-14(22)10-4-3-9(13(17)18)7-11(10)16/h3-4,7,13H,2,5-6,8H2,1H3,(H,19,22)(H,20,21). The Hall–Kier alpha value is -2.05. The van der Waals surface area contributed by atoms with E-state index in [1.54, 1.807) is 0 Å². The van der Waals surface area contributed by atoms with Crippen LogP contribution in [0.4, 0.5) is 13.2 Å². The second kappa shape index (κ2) is 6.37. The van der Waals surface area contributed by atoms with E-state index < -0.39 is 29.3 Å². The highest BCUT2D eigenvalue weighted by Gasteiger charge is 2.36. The van der Waals surface area contributed by atoms with Crippen LogP contribution in [-0.2, 0) is 4.79 Å². The van der Waals surface area contributed by atoms with Crippen LogP contribution in [0.3, 0.4) is 0 Å². The van der Waals surface area contributed by atoms with Crippen molar-refractivity contribution in [1.29, 1.82) is 0 Å². The van der Waals surface area contributed by atoms with Gasteiger partial charge in [0.05, 0.1) is 11.1 Å². The van der Waals surface area contributed by atoms with Crippen molar-refractivity contribution in [3.8, 4) is 0 Å². The zero-order valence-electron chi connectivity index (χ0n) is 12.1. The van der Waals surface area contributed by atoms with Crippen molar-refractivity contribution in [2.75, 3.05) is 6.54 Å². The van der Waals surface area contributed by atoms with Gasteiger partial charge in [0.15, 0.2) is 0 Å². The highest BCUT2D eigenvalue weighted by Crippen LogP contribution is 2.24. The van der Waals surface area contributed by atoms with Gasteiger partial charge in [0, 0.05) is 18.5 Å². The van der Waals surface area contributed by atoms with E-state index in [4.69, 9.17) is 0 Å². The minimum atomic E-state index is -2.79. The molecule has 0 radical (unpaired) electrons. The molecule has 2 N–H and O–H groups in total. The van der Waals surface area contributed by atoms with E-state index in [0.29, 0.717) is 25.3 Å². The second-order valence-electron chi connectivity index (χ2n) is 5.40. The van der Waals surface area contributed by atoms with Gasteiger partial charge in [-0.05, 0) is 25.0 Å². The van der Waals surface area contributed by atoms with Crippen molar-refractivity contribution in [3.05, 3.63) is 35.1 Å². The largest absolute Gasteiger partial charge is 0.350 e. The Bertz CT molecular complexity index is 592. The first-order valence-electron chi connectivity index (χ1n) is 7.04. The highest BCUT2D eigenvalue weighted by molar-refractivity contribution is 5.94. The molecule has 1 aromatic rings. The van der Waals surface area contributed by atoms with Crippen LogP contribution in [0.2, 0.25) is 0 Å². The van der Waals surface area contributed by atoms with Crippen molar-refractivity contribution in [3.63, 3.8) is 0 Å². The Morgan fingerprint density at radius 1 is 1.45 bits per heavy atom. The highest BCUT2D eigenvalue weighted by atomic mass is 19.3. The van der Waals surface area contributed by atoms with E-state index in [-0.39, 0.29) is 18.0 Å². The summed E-state index contributed by atoms with van der Waals surface area (Å²) in [5.74, 6) is -1.76. The summed E-state index contributed by atoms with van der Waals surface area (Å²) in [4.78, 5) is 23.3. The lowest BCUT2D eigenvalue weighted by Crippen LogP contribution is -2.50. The van der Waals surface area contributed by atoms with Gasteiger partial charge in [0.1, 0.15) is 5.82 Å². The molecule has 1 heterocycles. The Morgan fingerprint density at radius 3 is 2.68 bits per heavy atom. The molecule has 0 aromatic heterocycles. The van der Waals surface area contributed by atoms with Gasteiger partial charge in [-0.1, -0.05) is 13.0 Å². The third kappa shape index (κ3) is 3.40. The van der Waals surface area contributed by atoms with Gasteiger partial charge in [-0.3, -0.25) is 9.59 Å². The maximum absolute atomic E-state index is 13.7. The molecule has 0 aliphatic carbocycles. The van der Waals surface area contributed by atoms with E-state index >= 15 is 0 Å². The molecule has 0 bridgehead atoms. The molecule has 1 saturated heterocycles. The molecule has 0 spiro atoms. The van der Waals surface area contributed by atoms with E-state index in [2.05, 4.69) is 10.6 Å². The summed E-state index contributed by atoms with van der Waals surface area (Å²) >= 11 is 0. The topological polar surface area (TPSA) is 58.2 Å². The number of hydrogen-bond donors (Lipinski definition) is 2. The summed E-state index contributed by atoms with van der Waals surface area (Å²) < 4.78 is 38.7. The summed E-state index contributed by atoms with van der Waals surface area (Å²) in [6.45, 7) is 2.06. The number of nitrogens with one attached hydrogen (secondary N) is 2. The zero-order valence-corrected chi connectivity index (χ0v) is 12.1. The number of hydrogen-bond acceptors (Lipinski definition) is 2. The van der Waals surface area contributed by atoms with Gasteiger partial charge < -0.3 is 10.6 Å². The fraction of sp³-hybridized carbons (Fsp3) is 0.467.